The van der Waals surface area contributed by atoms with Gasteiger partial charge in [0.05, 0.1) is 0 Å². The Hall–Kier alpha value is -1.09. The number of hydrogen-bond acceptors (Lipinski definition) is 2. The minimum Gasteiger partial charge on any atom is -0.508 e. The van der Waals surface area contributed by atoms with Crippen molar-refractivity contribution in [2.24, 2.45) is 11.3 Å². The second-order valence-corrected chi connectivity index (χ2v) is 7.11. The molecule has 1 aliphatic carbocycles. The van der Waals surface area contributed by atoms with Crippen LogP contribution in [-0.4, -0.2) is 11.7 Å². The van der Waals surface area contributed by atoms with E-state index in [-0.39, 0.29) is 11.8 Å². The lowest BCUT2D eigenvalue weighted by atomic mass is 9.78. The van der Waals surface area contributed by atoms with Crippen LogP contribution in [0.25, 0.3) is 0 Å². The van der Waals surface area contributed by atoms with Crippen molar-refractivity contribution in [3.63, 3.8) is 0 Å². The molecule has 1 fully saturated rings. The zero-order chi connectivity index (χ0) is 15.5. The van der Waals surface area contributed by atoms with Crippen molar-refractivity contribution in [1.29, 1.82) is 0 Å². The maximum absolute atomic E-state index is 13.1. The third-order valence-corrected chi connectivity index (χ3v) is 4.75. The first-order valence-electron chi connectivity index (χ1n) is 8.14. The highest BCUT2D eigenvalue weighted by Gasteiger charge is 2.34. The minimum atomic E-state index is -0.393. The van der Waals surface area contributed by atoms with E-state index in [9.17, 15) is 9.50 Å². The van der Waals surface area contributed by atoms with Gasteiger partial charge in [0.1, 0.15) is 11.6 Å². The van der Waals surface area contributed by atoms with Gasteiger partial charge in [0.2, 0.25) is 0 Å². The molecule has 1 aromatic rings. The largest absolute Gasteiger partial charge is 0.508 e. The summed E-state index contributed by atoms with van der Waals surface area (Å²) in [6, 6.07) is 4.31. The molecule has 2 nitrogen and oxygen atoms in total. The lowest BCUT2D eigenvalue weighted by Crippen LogP contribution is -2.34. The Morgan fingerprint density at radius 3 is 2.48 bits per heavy atom. The lowest BCUT2D eigenvalue weighted by molar-refractivity contribution is 0.216. The molecular weight excluding hydrogens is 265 g/mol. The van der Waals surface area contributed by atoms with Gasteiger partial charge in [-0.1, -0.05) is 32.8 Å². The molecule has 2 rings (SSSR count). The van der Waals surface area contributed by atoms with Crippen molar-refractivity contribution in [3.8, 4) is 5.75 Å². The Bertz CT molecular complexity index is 466. The molecule has 0 radical (unpaired) electrons. The first kappa shape index (κ1) is 16.3. The second-order valence-electron chi connectivity index (χ2n) is 7.11. The number of nitrogens with one attached hydrogen (secondary N) is 1. The lowest BCUT2D eigenvalue weighted by Gasteiger charge is -2.33. The number of hydrogen-bond donors (Lipinski definition) is 2. The molecule has 1 atom stereocenters. The predicted octanol–water partition coefficient (Wildman–Crippen LogP) is 4.79. The topological polar surface area (TPSA) is 32.3 Å². The first-order chi connectivity index (χ1) is 9.92. The summed E-state index contributed by atoms with van der Waals surface area (Å²) < 4.78 is 13.1. The van der Waals surface area contributed by atoms with Crippen LogP contribution in [-0.2, 0) is 0 Å². The van der Waals surface area contributed by atoms with Gasteiger partial charge in [-0.15, -0.1) is 0 Å². The molecular formula is C18H28FNO. The van der Waals surface area contributed by atoms with Crippen LogP contribution in [0.4, 0.5) is 4.39 Å². The van der Waals surface area contributed by atoms with Gasteiger partial charge in [-0.3, -0.25) is 0 Å². The highest BCUT2D eigenvalue weighted by molar-refractivity contribution is 5.34. The SMILES string of the molecule is CC(C)CC1(CNC(C)c2ccc(F)cc2O)CCCC1. The molecule has 1 unspecified atom stereocenters. The van der Waals surface area contributed by atoms with Crippen molar-refractivity contribution in [2.45, 2.75) is 58.9 Å². The molecule has 0 spiro atoms. The second kappa shape index (κ2) is 6.78. The van der Waals surface area contributed by atoms with E-state index in [4.69, 9.17) is 0 Å². The van der Waals surface area contributed by atoms with Crippen LogP contribution in [0.1, 0.15) is 64.5 Å². The van der Waals surface area contributed by atoms with Gasteiger partial charge in [0.15, 0.2) is 0 Å². The number of phenols is 1. The number of aromatic hydroxyl groups is 1. The fourth-order valence-corrected chi connectivity index (χ4v) is 3.81. The quantitative estimate of drug-likeness (QED) is 0.790. The molecule has 1 saturated carbocycles. The average Bonchev–Trinajstić information content (AvgIpc) is 2.84. The summed E-state index contributed by atoms with van der Waals surface area (Å²) in [5.41, 5.74) is 1.17. The number of phenolic OH excluding ortho intramolecular Hbond substituents is 1. The van der Waals surface area contributed by atoms with Crippen LogP contribution >= 0.6 is 0 Å². The van der Waals surface area contributed by atoms with E-state index in [0.717, 1.165) is 12.1 Å². The van der Waals surface area contributed by atoms with Crippen molar-refractivity contribution in [3.05, 3.63) is 29.6 Å². The summed E-state index contributed by atoms with van der Waals surface area (Å²) in [5, 5.41) is 13.4. The predicted molar refractivity (Wildman–Crippen MR) is 84.8 cm³/mol. The fourth-order valence-electron chi connectivity index (χ4n) is 3.81. The number of rotatable bonds is 6. The average molecular weight is 293 g/mol. The van der Waals surface area contributed by atoms with E-state index in [0.29, 0.717) is 11.3 Å². The summed E-state index contributed by atoms with van der Waals surface area (Å²) in [4.78, 5) is 0. The van der Waals surface area contributed by atoms with Gasteiger partial charge in [-0.05, 0) is 43.6 Å². The molecule has 0 heterocycles. The van der Waals surface area contributed by atoms with Crippen molar-refractivity contribution in [2.75, 3.05) is 6.54 Å². The molecule has 0 aliphatic heterocycles. The molecule has 0 bridgehead atoms. The summed E-state index contributed by atoms with van der Waals surface area (Å²) >= 11 is 0. The Labute approximate surface area is 127 Å². The van der Waals surface area contributed by atoms with Gasteiger partial charge in [0, 0.05) is 24.2 Å². The van der Waals surface area contributed by atoms with Crippen LogP contribution in [0.15, 0.2) is 18.2 Å². The van der Waals surface area contributed by atoms with Crippen LogP contribution < -0.4 is 5.32 Å². The molecule has 0 amide bonds. The van der Waals surface area contributed by atoms with Gasteiger partial charge >= 0.3 is 0 Å². The summed E-state index contributed by atoms with van der Waals surface area (Å²) in [6.45, 7) is 7.58. The highest BCUT2D eigenvalue weighted by atomic mass is 19.1. The Balaban J connectivity index is 2.00. The molecule has 118 valence electrons. The molecule has 0 saturated heterocycles. The van der Waals surface area contributed by atoms with E-state index >= 15 is 0 Å². The van der Waals surface area contributed by atoms with E-state index in [1.807, 2.05) is 6.92 Å². The van der Waals surface area contributed by atoms with Crippen LogP contribution in [0.2, 0.25) is 0 Å². The molecule has 21 heavy (non-hydrogen) atoms. The third-order valence-electron chi connectivity index (χ3n) is 4.75. The van der Waals surface area contributed by atoms with E-state index in [2.05, 4.69) is 19.2 Å². The van der Waals surface area contributed by atoms with Crippen LogP contribution in [0, 0.1) is 17.2 Å². The summed E-state index contributed by atoms with van der Waals surface area (Å²) in [6.07, 6.45) is 6.48. The molecule has 3 heteroatoms. The smallest absolute Gasteiger partial charge is 0.126 e. The molecule has 1 aromatic carbocycles. The van der Waals surface area contributed by atoms with Gasteiger partial charge in [-0.2, -0.15) is 0 Å². The van der Waals surface area contributed by atoms with E-state index in [1.54, 1.807) is 6.07 Å². The number of halogens is 1. The van der Waals surface area contributed by atoms with Gasteiger partial charge in [-0.25, -0.2) is 4.39 Å². The van der Waals surface area contributed by atoms with Crippen molar-refractivity contribution < 1.29 is 9.50 Å². The fraction of sp³-hybridized carbons (Fsp3) is 0.667. The maximum Gasteiger partial charge on any atom is 0.126 e. The molecule has 0 aromatic heterocycles. The summed E-state index contributed by atoms with van der Waals surface area (Å²) in [5.74, 6) is 0.356. The van der Waals surface area contributed by atoms with Crippen molar-refractivity contribution in [1.82, 2.24) is 5.32 Å². The van der Waals surface area contributed by atoms with Crippen molar-refractivity contribution >= 4 is 0 Å². The van der Waals surface area contributed by atoms with E-state index in [1.165, 1.54) is 44.2 Å². The molecule has 2 N–H and O–H groups in total. The Morgan fingerprint density at radius 1 is 1.24 bits per heavy atom. The highest BCUT2D eigenvalue weighted by Crippen LogP contribution is 2.43. The number of benzene rings is 1. The standard InChI is InChI=1S/C18H28FNO/c1-13(2)11-18(8-4-5-9-18)12-20-14(3)16-7-6-15(19)10-17(16)21/h6-7,10,13-14,20-21H,4-5,8-9,11-12H2,1-3H3. The van der Waals surface area contributed by atoms with Gasteiger partial charge in [0.25, 0.3) is 0 Å². The zero-order valence-corrected chi connectivity index (χ0v) is 13.5. The van der Waals surface area contributed by atoms with Crippen LogP contribution in [0.5, 0.6) is 5.75 Å². The first-order valence-corrected chi connectivity index (χ1v) is 8.14. The Kier molecular flexibility index (Phi) is 5.26. The minimum absolute atomic E-state index is 0.0373. The third kappa shape index (κ3) is 4.19. The zero-order valence-electron chi connectivity index (χ0n) is 13.5. The van der Waals surface area contributed by atoms with Gasteiger partial charge < -0.3 is 10.4 Å². The maximum atomic E-state index is 13.1. The Morgan fingerprint density at radius 2 is 1.90 bits per heavy atom. The summed E-state index contributed by atoms with van der Waals surface area (Å²) in [7, 11) is 0. The normalized spacial score (nSPS) is 19.1. The monoisotopic (exact) mass is 293 g/mol. The molecule has 1 aliphatic rings. The van der Waals surface area contributed by atoms with E-state index < -0.39 is 5.82 Å². The van der Waals surface area contributed by atoms with Crippen LogP contribution in [0.3, 0.4) is 0 Å².